The Balaban J connectivity index is 1.48. The number of amides is 2. The zero-order chi connectivity index (χ0) is 25.0. The minimum atomic E-state index is -0.288. The molecule has 0 atom stereocenters. The molecule has 1 aliphatic heterocycles. The number of hydrogen-bond acceptors (Lipinski definition) is 7. The summed E-state index contributed by atoms with van der Waals surface area (Å²) in [5.74, 6) is 0.284. The van der Waals surface area contributed by atoms with E-state index in [4.69, 9.17) is 0 Å². The maximum Gasteiger partial charge on any atom is 0.273 e. The molecule has 4 rings (SSSR count). The molecule has 10 heteroatoms. The molecule has 2 N–H and O–H groups in total. The Hall–Kier alpha value is -3.82. The number of carbonyl (C=O) groups is 2. The predicted molar refractivity (Wildman–Crippen MR) is 134 cm³/mol. The van der Waals surface area contributed by atoms with Crippen molar-refractivity contribution in [3.8, 4) is 5.69 Å². The monoisotopic (exact) mass is 476 g/mol. The molecule has 2 amide bonds. The lowest BCUT2D eigenvalue weighted by atomic mass is 9.97. The van der Waals surface area contributed by atoms with Crippen LogP contribution in [0, 0.1) is 12.3 Å². The number of anilines is 2. The van der Waals surface area contributed by atoms with E-state index in [9.17, 15) is 9.59 Å². The number of piperidine rings is 1. The molecular weight excluding hydrogens is 444 g/mol. The van der Waals surface area contributed by atoms with E-state index in [0.717, 1.165) is 31.7 Å². The standard InChI is InChI=1S/C25H32N8O2/c1-17-21(33-15-20(30-31-33)24(35)28-16-25(2,3)4)13-19(14-27-17)29-23(34)18-8-9-26-22(12-18)32-10-6-5-7-11-32/h8-9,12-15H,5-7,10-11,16H2,1-4H3,(H,28,35)(H,29,34). The highest BCUT2D eigenvalue weighted by Crippen LogP contribution is 2.21. The number of rotatable bonds is 6. The van der Waals surface area contributed by atoms with Gasteiger partial charge in [0.25, 0.3) is 11.8 Å². The molecular formula is C25H32N8O2. The van der Waals surface area contributed by atoms with Crippen LogP contribution in [0.5, 0.6) is 0 Å². The Labute approximate surface area is 205 Å². The lowest BCUT2D eigenvalue weighted by molar-refractivity contribution is 0.0933. The van der Waals surface area contributed by atoms with Gasteiger partial charge < -0.3 is 15.5 Å². The quantitative estimate of drug-likeness (QED) is 0.560. The molecule has 1 fully saturated rings. The van der Waals surface area contributed by atoms with Crippen LogP contribution in [-0.4, -0.2) is 56.4 Å². The van der Waals surface area contributed by atoms with Gasteiger partial charge in [0, 0.05) is 31.4 Å². The van der Waals surface area contributed by atoms with Crippen molar-refractivity contribution < 1.29 is 9.59 Å². The summed E-state index contributed by atoms with van der Waals surface area (Å²) in [4.78, 5) is 36.4. The van der Waals surface area contributed by atoms with Gasteiger partial charge >= 0.3 is 0 Å². The molecule has 3 aromatic rings. The fourth-order valence-electron chi connectivity index (χ4n) is 3.80. The van der Waals surface area contributed by atoms with Gasteiger partial charge in [0.05, 0.1) is 29.5 Å². The second-order valence-electron chi connectivity index (χ2n) is 10.0. The number of aromatic nitrogens is 5. The van der Waals surface area contributed by atoms with Gasteiger partial charge in [0.1, 0.15) is 5.82 Å². The van der Waals surface area contributed by atoms with Gasteiger partial charge in [-0.25, -0.2) is 9.67 Å². The molecule has 0 spiro atoms. The van der Waals surface area contributed by atoms with Crippen molar-refractivity contribution in [1.29, 1.82) is 0 Å². The molecule has 1 saturated heterocycles. The molecule has 0 aliphatic carbocycles. The Morgan fingerprint density at radius 3 is 2.57 bits per heavy atom. The van der Waals surface area contributed by atoms with Gasteiger partial charge in [0.15, 0.2) is 5.69 Å². The van der Waals surface area contributed by atoms with E-state index in [1.807, 2.05) is 33.8 Å². The maximum atomic E-state index is 13.0. The van der Waals surface area contributed by atoms with Crippen molar-refractivity contribution in [2.75, 3.05) is 29.9 Å². The van der Waals surface area contributed by atoms with Crippen molar-refractivity contribution in [3.05, 3.63) is 53.7 Å². The second-order valence-corrected chi connectivity index (χ2v) is 10.0. The van der Waals surface area contributed by atoms with Crippen LogP contribution in [0.2, 0.25) is 0 Å². The molecule has 184 valence electrons. The molecule has 35 heavy (non-hydrogen) atoms. The Kier molecular flexibility index (Phi) is 7.09. The van der Waals surface area contributed by atoms with Crippen molar-refractivity contribution in [3.63, 3.8) is 0 Å². The first-order chi connectivity index (χ1) is 16.7. The highest BCUT2D eigenvalue weighted by Gasteiger charge is 2.18. The summed E-state index contributed by atoms with van der Waals surface area (Å²) >= 11 is 0. The van der Waals surface area contributed by atoms with Crippen LogP contribution >= 0.6 is 0 Å². The fraction of sp³-hybridized carbons (Fsp3) is 0.440. The lowest BCUT2D eigenvalue weighted by Gasteiger charge is -2.27. The van der Waals surface area contributed by atoms with E-state index in [-0.39, 0.29) is 22.9 Å². The van der Waals surface area contributed by atoms with Crippen LogP contribution in [0.3, 0.4) is 0 Å². The van der Waals surface area contributed by atoms with Crippen molar-refractivity contribution >= 4 is 23.3 Å². The summed E-state index contributed by atoms with van der Waals surface area (Å²) in [6, 6.07) is 5.28. The van der Waals surface area contributed by atoms with Crippen LogP contribution in [0.1, 0.15) is 66.6 Å². The third kappa shape index (κ3) is 6.20. The predicted octanol–water partition coefficient (Wildman–Crippen LogP) is 3.38. The molecule has 3 aromatic heterocycles. The van der Waals surface area contributed by atoms with Crippen molar-refractivity contribution in [1.82, 2.24) is 30.3 Å². The average Bonchev–Trinajstić information content (AvgIpc) is 3.34. The summed E-state index contributed by atoms with van der Waals surface area (Å²) in [6.07, 6.45) is 8.32. The van der Waals surface area contributed by atoms with E-state index in [1.54, 1.807) is 30.7 Å². The van der Waals surface area contributed by atoms with Gasteiger partial charge in [-0.3, -0.25) is 14.6 Å². The summed E-state index contributed by atoms with van der Waals surface area (Å²) in [5, 5.41) is 13.9. The summed E-state index contributed by atoms with van der Waals surface area (Å²) in [6.45, 7) is 10.4. The Morgan fingerprint density at radius 2 is 1.83 bits per heavy atom. The molecule has 4 heterocycles. The number of hydrogen-bond donors (Lipinski definition) is 2. The molecule has 1 aliphatic rings. The Bertz CT molecular complexity index is 1210. The smallest absolute Gasteiger partial charge is 0.273 e. The number of aryl methyl sites for hydroxylation is 1. The van der Waals surface area contributed by atoms with Gasteiger partial charge in [-0.2, -0.15) is 0 Å². The number of nitrogens with one attached hydrogen (secondary N) is 2. The zero-order valence-corrected chi connectivity index (χ0v) is 20.7. The highest BCUT2D eigenvalue weighted by molar-refractivity contribution is 6.04. The second kappa shape index (κ2) is 10.2. The highest BCUT2D eigenvalue weighted by atomic mass is 16.2. The number of nitrogens with zero attached hydrogens (tertiary/aromatic N) is 6. The number of carbonyl (C=O) groups excluding carboxylic acids is 2. The van der Waals surface area contributed by atoms with Crippen LogP contribution in [0.4, 0.5) is 11.5 Å². The SMILES string of the molecule is Cc1ncc(NC(=O)c2ccnc(N3CCCCC3)c2)cc1-n1cc(C(=O)NCC(C)(C)C)nn1. The average molecular weight is 477 g/mol. The van der Waals surface area contributed by atoms with Crippen LogP contribution in [0.15, 0.2) is 36.8 Å². The first-order valence-electron chi connectivity index (χ1n) is 11.9. The summed E-state index contributed by atoms with van der Waals surface area (Å²) < 4.78 is 1.49. The van der Waals surface area contributed by atoms with Crippen molar-refractivity contribution in [2.24, 2.45) is 5.41 Å². The van der Waals surface area contributed by atoms with Gasteiger partial charge in [0.2, 0.25) is 0 Å². The van der Waals surface area contributed by atoms with E-state index in [0.29, 0.717) is 29.2 Å². The van der Waals surface area contributed by atoms with E-state index in [2.05, 4.69) is 35.8 Å². The summed E-state index contributed by atoms with van der Waals surface area (Å²) in [7, 11) is 0. The minimum absolute atomic E-state index is 0.0396. The third-order valence-electron chi connectivity index (χ3n) is 5.76. The first-order valence-corrected chi connectivity index (χ1v) is 11.9. The van der Waals surface area contributed by atoms with Crippen LogP contribution in [-0.2, 0) is 0 Å². The lowest BCUT2D eigenvalue weighted by Crippen LogP contribution is -2.32. The third-order valence-corrected chi connectivity index (χ3v) is 5.76. The number of pyridine rings is 2. The minimum Gasteiger partial charge on any atom is -0.357 e. The molecule has 10 nitrogen and oxygen atoms in total. The van der Waals surface area contributed by atoms with Crippen LogP contribution in [0.25, 0.3) is 5.69 Å². The largest absolute Gasteiger partial charge is 0.357 e. The molecule has 0 radical (unpaired) electrons. The van der Waals surface area contributed by atoms with Crippen LogP contribution < -0.4 is 15.5 Å². The van der Waals surface area contributed by atoms with E-state index < -0.39 is 0 Å². The molecule has 0 saturated carbocycles. The fourth-order valence-corrected chi connectivity index (χ4v) is 3.80. The van der Waals surface area contributed by atoms with Gasteiger partial charge in [-0.1, -0.05) is 26.0 Å². The van der Waals surface area contributed by atoms with Gasteiger partial charge in [-0.15, -0.1) is 5.10 Å². The topological polar surface area (TPSA) is 118 Å². The molecule has 0 unspecified atom stereocenters. The summed E-state index contributed by atoms with van der Waals surface area (Å²) in [5.41, 5.74) is 2.52. The maximum absolute atomic E-state index is 13.0. The molecule has 0 bridgehead atoms. The Morgan fingerprint density at radius 1 is 1.06 bits per heavy atom. The van der Waals surface area contributed by atoms with Crippen molar-refractivity contribution in [2.45, 2.75) is 47.0 Å². The van der Waals surface area contributed by atoms with E-state index >= 15 is 0 Å². The van der Waals surface area contributed by atoms with Gasteiger partial charge in [-0.05, 0) is 49.8 Å². The van der Waals surface area contributed by atoms with E-state index in [1.165, 1.54) is 11.1 Å². The zero-order valence-electron chi connectivity index (χ0n) is 20.7. The molecule has 0 aromatic carbocycles. The normalized spacial score (nSPS) is 14.0. The first kappa shape index (κ1) is 24.3.